The van der Waals surface area contributed by atoms with E-state index in [2.05, 4.69) is 10.6 Å². The Morgan fingerprint density at radius 2 is 0.875 bits per heavy atom. The second-order valence-electron chi connectivity index (χ2n) is 3.10. The topological polar surface area (TPSA) is 105 Å². The summed E-state index contributed by atoms with van der Waals surface area (Å²) >= 11 is 0. The maximum atomic E-state index is 8.33. The third kappa shape index (κ3) is 23.5. The Morgan fingerprint density at radius 1 is 0.500 bits per heavy atom. The maximum Gasteiger partial charge on any atom is 0.0555 e. The number of hydrogen-bond acceptors (Lipinski definition) is 6. The van der Waals surface area contributed by atoms with Gasteiger partial charge in [-0.3, -0.25) is 0 Å². The van der Waals surface area contributed by atoms with Crippen LogP contribution in [0.15, 0.2) is 0 Å². The second-order valence-corrected chi connectivity index (χ2v) is 3.10. The Morgan fingerprint density at radius 3 is 1.19 bits per heavy atom. The molecule has 6 heteroatoms. The molecule has 6 nitrogen and oxygen atoms in total. The van der Waals surface area contributed by atoms with Crippen molar-refractivity contribution in [2.75, 3.05) is 52.6 Å². The van der Waals surface area contributed by atoms with Crippen LogP contribution in [0.4, 0.5) is 0 Å². The van der Waals surface area contributed by atoms with E-state index in [1.165, 1.54) is 0 Å². The van der Waals surface area contributed by atoms with Crippen LogP contribution in [0.1, 0.15) is 12.8 Å². The number of rotatable bonds is 10. The lowest BCUT2D eigenvalue weighted by atomic mass is 10.4. The molecule has 0 saturated heterocycles. The molecule has 0 saturated carbocycles. The van der Waals surface area contributed by atoms with Gasteiger partial charge in [0.05, 0.1) is 13.2 Å². The number of aliphatic hydroxyl groups excluding tert-OH is 4. The molecule has 100 valence electrons. The third-order valence-corrected chi connectivity index (χ3v) is 1.60. The van der Waals surface area contributed by atoms with Gasteiger partial charge in [-0.15, -0.1) is 0 Å². The van der Waals surface area contributed by atoms with E-state index >= 15 is 0 Å². The smallest absolute Gasteiger partial charge is 0.0555 e. The van der Waals surface area contributed by atoms with E-state index in [0.717, 1.165) is 25.9 Å². The van der Waals surface area contributed by atoms with Gasteiger partial charge in [-0.1, -0.05) is 0 Å². The van der Waals surface area contributed by atoms with Crippen molar-refractivity contribution in [2.45, 2.75) is 12.8 Å². The van der Waals surface area contributed by atoms with Crippen LogP contribution in [0.25, 0.3) is 0 Å². The maximum absolute atomic E-state index is 8.33. The third-order valence-electron chi connectivity index (χ3n) is 1.60. The fourth-order valence-electron chi connectivity index (χ4n) is 0.816. The highest BCUT2D eigenvalue weighted by Gasteiger charge is 1.84. The summed E-state index contributed by atoms with van der Waals surface area (Å²) in [7, 11) is 0. The normalized spacial score (nSPS) is 9.75. The number of nitrogens with one attached hydrogen (secondary N) is 2. The number of hydrogen-bond donors (Lipinski definition) is 6. The van der Waals surface area contributed by atoms with E-state index < -0.39 is 0 Å². The lowest BCUT2D eigenvalue weighted by Gasteiger charge is -1.99. The summed E-state index contributed by atoms with van der Waals surface area (Å²) in [6, 6.07) is 0. The Kier molecular flexibility index (Phi) is 22.9. The summed E-state index contributed by atoms with van der Waals surface area (Å²) < 4.78 is 0. The zero-order valence-corrected chi connectivity index (χ0v) is 9.86. The molecule has 0 aromatic heterocycles. The lowest BCUT2D eigenvalue weighted by molar-refractivity contribution is 0.266. The van der Waals surface area contributed by atoms with Gasteiger partial charge in [0.25, 0.3) is 0 Å². The predicted octanol–water partition coefficient (Wildman–Crippen LogP) is -2.10. The van der Waals surface area contributed by atoms with Crippen molar-refractivity contribution in [3.8, 4) is 0 Å². The lowest BCUT2D eigenvalue weighted by Crippen LogP contribution is -2.21. The molecule has 6 N–H and O–H groups in total. The summed E-state index contributed by atoms with van der Waals surface area (Å²) in [5.74, 6) is 0. The first-order valence-electron chi connectivity index (χ1n) is 5.68. The van der Waals surface area contributed by atoms with Crippen molar-refractivity contribution in [3.05, 3.63) is 0 Å². The van der Waals surface area contributed by atoms with Crippen molar-refractivity contribution in [3.63, 3.8) is 0 Å². The van der Waals surface area contributed by atoms with Gasteiger partial charge in [-0.2, -0.15) is 0 Å². The average molecular weight is 238 g/mol. The molecule has 0 heterocycles. The van der Waals surface area contributed by atoms with Gasteiger partial charge in [-0.05, 0) is 25.9 Å². The molecule has 0 aliphatic rings. The van der Waals surface area contributed by atoms with Crippen LogP contribution in [0.3, 0.4) is 0 Å². The van der Waals surface area contributed by atoms with E-state index in [-0.39, 0.29) is 26.4 Å². The molecule has 0 aromatic rings. The zero-order valence-electron chi connectivity index (χ0n) is 9.86. The molecule has 0 unspecified atom stereocenters. The van der Waals surface area contributed by atoms with Crippen LogP contribution < -0.4 is 10.6 Å². The summed E-state index contributed by atoms with van der Waals surface area (Å²) in [5.41, 5.74) is 0. The van der Waals surface area contributed by atoms with E-state index in [1.54, 1.807) is 0 Å². The van der Waals surface area contributed by atoms with Crippen LogP contribution in [0, 0.1) is 0 Å². The number of aliphatic hydroxyl groups is 4. The Labute approximate surface area is 97.3 Å². The van der Waals surface area contributed by atoms with Crippen LogP contribution >= 0.6 is 0 Å². The fourth-order valence-corrected chi connectivity index (χ4v) is 0.816. The minimum atomic E-state index is 0.139. The molecule has 0 aliphatic heterocycles. The molecule has 16 heavy (non-hydrogen) atoms. The summed E-state index contributed by atoms with van der Waals surface area (Å²) in [6.45, 7) is 3.59. The molecule has 0 fully saturated rings. The molecule has 0 rings (SSSR count). The monoisotopic (exact) mass is 238 g/mol. The van der Waals surface area contributed by atoms with Gasteiger partial charge < -0.3 is 31.1 Å². The molecule has 0 spiro atoms. The molecular formula is C10H26N2O4. The van der Waals surface area contributed by atoms with Gasteiger partial charge in [0.15, 0.2) is 0 Å². The van der Waals surface area contributed by atoms with Crippen LogP contribution in [-0.2, 0) is 0 Å². The molecule has 0 aliphatic carbocycles. The quantitative estimate of drug-likeness (QED) is 0.244. The van der Waals surface area contributed by atoms with Crippen molar-refractivity contribution in [1.82, 2.24) is 10.6 Å². The first-order valence-corrected chi connectivity index (χ1v) is 5.68. The van der Waals surface area contributed by atoms with Crippen LogP contribution in [0.2, 0.25) is 0 Å². The van der Waals surface area contributed by atoms with Gasteiger partial charge >= 0.3 is 0 Å². The highest BCUT2D eigenvalue weighted by molar-refractivity contribution is 4.45. The van der Waals surface area contributed by atoms with Crippen molar-refractivity contribution in [2.24, 2.45) is 0 Å². The standard InChI is InChI=1S/C6H15NO2.C4H11NO2/c8-5-1-3-7-4-2-6-9;6-3-1-5-2-4-7/h7-9H,1-6H2;5-7H,1-4H2. The largest absolute Gasteiger partial charge is 0.396 e. The summed E-state index contributed by atoms with van der Waals surface area (Å²) in [6.07, 6.45) is 1.59. The second kappa shape index (κ2) is 20.2. The van der Waals surface area contributed by atoms with Crippen LogP contribution in [-0.4, -0.2) is 73.0 Å². The van der Waals surface area contributed by atoms with Crippen molar-refractivity contribution in [1.29, 1.82) is 0 Å². The minimum absolute atomic E-state index is 0.139. The van der Waals surface area contributed by atoms with Gasteiger partial charge in [-0.25, -0.2) is 0 Å². The minimum Gasteiger partial charge on any atom is -0.396 e. The molecule has 0 bridgehead atoms. The molecule has 0 amide bonds. The van der Waals surface area contributed by atoms with Crippen molar-refractivity contribution >= 4 is 0 Å². The highest BCUT2D eigenvalue weighted by atomic mass is 16.3. The Bertz CT molecular complexity index is 96.8. The predicted molar refractivity (Wildman–Crippen MR) is 63.3 cm³/mol. The average Bonchev–Trinajstić information content (AvgIpc) is 2.31. The van der Waals surface area contributed by atoms with E-state index in [0.29, 0.717) is 13.1 Å². The first kappa shape index (κ1) is 18.1. The fraction of sp³-hybridized carbons (Fsp3) is 1.00. The van der Waals surface area contributed by atoms with Crippen LogP contribution in [0.5, 0.6) is 0 Å². The van der Waals surface area contributed by atoms with E-state index in [1.807, 2.05) is 0 Å². The van der Waals surface area contributed by atoms with Gasteiger partial charge in [0.1, 0.15) is 0 Å². The molecule has 0 radical (unpaired) electrons. The van der Waals surface area contributed by atoms with E-state index in [9.17, 15) is 0 Å². The first-order chi connectivity index (χ1) is 7.83. The Hall–Kier alpha value is -0.240. The zero-order chi connectivity index (χ0) is 12.5. The highest BCUT2D eigenvalue weighted by Crippen LogP contribution is 1.74. The molecule has 0 aromatic carbocycles. The van der Waals surface area contributed by atoms with Gasteiger partial charge in [0, 0.05) is 26.3 Å². The van der Waals surface area contributed by atoms with E-state index in [4.69, 9.17) is 20.4 Å². The summed E-state index contributed by atoms with van der Waals surface area (Å²) in [4.78, 5) is 0. The molecular weight excluding hydrogens is 212 g/mol. The van der Waals surface area contributed by atoms with Gasteiger partial charge in [0.2, 0.25) is 0 Å². The van der Waals surface area contributed by atoms with Crippen molar-refractivity contribution < 1.29 is 20.4 Å². The Balaban J connectivity index is 0. The SMILES string of the molecule is OCCCNCCCO.OCCNCCO. The molecule has 0 atom stereocenters. The summed E-state index contributed by atoms with van der Waals surface area (Å²) in [5, 5.41) is 38.8.